The average Bonchev–Trinajstić information content (AvgIpc) is 1.38. The fourth-order valence-electron chi connectivity index (χ4n) is 0. The minimum Gasteiger partial charge on any atom is -1.00 e. The summed E-state index contributed by atoms with van der Waals surface area (Å²) in [6.45, 7) is 4.01. The van der Waals surface area contributed by atoms with Gasteiger partial charge < -0.3 is 1.43 Å². The largest absolute Gasteiger partial charge is 1.00 e. The Balaban J connectivity index is -0.0000000800. The molecular formula is C4H9LiS. The van der Waals surface area contributed by atoms with E-state index in [2.05, 4.69) is 6.92 Å². The van der Waals surface area contributed by atoms with Crippen LogP contribution in [0, 0.1) is 0 Å². The molecule has 0 heterocycles. The van der Waals surface area contributed by atoms with Crippen molar-refractivity contribution in [2.75, 3.05) is 0 Å². The molecule has 0 saturated carbocycles. The molecule has 0 aromatic rings. The number of hydrogen-bond donors (Lipinski definition) is 0. The van der Waals surface area contributed by atoms with E-state index in [1.165, 1.54) is 0 Å². The zero-order valence-electron chi connectivity index (χ0n) is 5.62. The Kier molecular flexibility index (Phi) is 9.33. The van der Waals surface area contributed by atoms with Gasteiger partial charge in [0.1, 0.15) is 0 Å². The summed E-state index contributed by atoms with van der Waals surface area (Å²) in [6, 6.07) is 0. The number of thiocarbonyl (C=S) groups is 1. The first-order chi connectivity index (χ1) is 2.27. The van der Waals surface area contributed by atoms with E-state index in [1.54, 1.807) is 0 Å². The van der Waals surface area contributed by atoms with E-state index in [9.17, 15) is 0 Å². The van der Waals surface area contributed by atoms with Crippen molar-refractivity contribution in [3.05, 3.63) is 0 Å². The maximum atomic E-state index is 4.70. The van der Waals surface area contributed by atoms with Crippen LogP contribution in [0.25, 0.3) is 0 Å². The average molecular weight is 96.1 g/mol. The van der Waals surface area contributed by atoms with E-state index in [-0.39, 0.29) is 20.3 Å². The molecule has 6 heavy (non-hydrogen) atoms. The van der Waals surface area contributed by atoms with Crippen LogP contribution >= 0.6 is 12.2 Å². The van der Waals surface area contributed by atoms with E-state index in [4.69, 9.17) is 12.2 Å². The molecule has 0 nitrogen and oxygen atoms in total. The van der Waals surface area contributed by atoms with Gasteiger partial charge in [-0.3, -0.25) is 0 Å². The van der Waals surface area contributed by atoms with Crippen molar-refractivity contribution in [2.24, 2.45) is 0 Å². The van der Waals surface area contributed by atoms with Crippen LogP contribution < -0.4 is 18.9 Å². The van der Waals surface area contributed by atoms with E-state index in [0.717, 1.165) is 11.3 Å². The molecule has 0 saturated heterocycles. The molecule has 0 aliphatic rings. The second kappa shape index (κ2) is 5.69. The van der Waals surface area contributed by atoms with E-state index >= 15 is 0 Å². The van der Waals surface area contributed by atoms with Crippen LogP contribution in [0.5, 0.6) is 0 Å². The summed E-state index contributed by atoms with van der Waals surface area (Å²) in [6.07, 6.45) is 1.04. The summed E-state index contributed by atoms with van der Waals surface area (Å²) in [4.78, 5) is 1.09. The van der Waals surface area contributed by atoms with Gasteiger partial charge in [0, 0.05) is 0 Å². The molecule has 0 bridgehead atoms. The van der Waals surface area contributed by atoms with Gasteiger partial charge in [-0.05, 0) is 18.2 Å². The van der Waals surface area contributed by atoms with Crippen molar-refractivity contribution in [2.45, 2.75) is 20.3 Å². The smallest absolute Gasteiger partial charge is 1.00 e. The van der Waals surface area contributed by atoms with Gasteiger partial charge in [0.15, 0.2) is 0 Å². The molecule has 0 aromatic carbocycles. The summed E-state index contributed by atoms with van der Waals surface area (Å²) in [5, 5.41) is 0. The molecular weight excluding hydrogens is 87.1 g/mol. The van der Waals surface area contributed by atoms with Crippen molar-refractivity contribution < 1.29 is 20.3 Å². The molecule has 0 aromatic heterocycles. The topological polar surface area (TPSA) is 0 Å². The van der Waals surface area contributed by atoms with Crippen molar-refractivity contribution in [3.63, 3.8) is 0 Å². The molecule has 0 radical (unpaired) electrons. The molecule has 0 amide bonds. The maximum absolute atomic E-state index is 4.70. The first-order valence-electron chi connectivity index (χ1n) is 1.76. The maximum Gasteiger partial charge on any atom is 1.00 e. The molecule has 0 aliphatic carbocycles. The number of hydrogen-bond acceptors (Lipinski definition) is 1. The van der Waals surface area contributed by atoms with Crippen molar-refractivity contribution in [3.8, 4) is 0 Å². The van der Waals surface area contributed by atoms with Crippen LogP contribution in [0.1, 0.15) is 21.7 Å². The first-order valence-corrected chi connectivity index (χ1v) is 2.17. The Morgan fingerprint density at radius 1 is 1.83 bits per heavy atom. The fourth-order valence-corrected chi connectivity index (χ4v) is 0. The van der Waals surface area contributed by atoms with Gasteiger partial charge in [0.2, 0.25) is 0 Å². The zero-order valence-corrected chi connectivity index (χ0v) is 5.43. The van der Waals surface area contributed by atoms with Crippen LogP contribution in [0.3, 0.4) is 0 Å². The Bertz CT molecular complexity index is 47.0. The molecule has 0 aliphatic heterocycles. The quantitative estimate of drug-likeness (QED) is 0.295. The first kappa shape index (κ1) is 9.85. The van der Waals surface area contributed by atoms with Crippen LogP contribution in [0.15, 0.2) is 0 Å². The van der Waals surface area contributed by atoms with E-state index < -0.39 is 0 Å². The van der Waals surface area contributed by atoms with Crippen LogP contribution in [-0.4, -0.2) is 4.86 Å². The van der Waals surface area contributed by atoms with E-state index in [1.807, 2.05) is 6.92 Å². The van der Waals surface area contributed by atoms with Crippen molar-refractivity contribution in [1.29, 1.82) is 0 Å². The Morgan fingerprint density at radius 3 is 2.00 bits per heavy atom. The molecule has 0 atom stereocenters. The fraction of sp³-hybridized carbons (Fsp3) is 0.750. The van der Waals surface area contributed by atoms with Gasteiger partial charge in [-0.1, -0.05) is 19.1 Å². The summed E-state index contributed by atoms with van der Waals surface area (Å²) in [5.74, 6) is 0. The van der Waals surface area contributed by atoms with Crippen molar-refractivity contribution >= 4 is 17.1 Å². The van der Waals surface area contributed by atoms with Gasteiger partial charge in [0.05, 0.1) is 0 Å². The second-order valence-electron chi connectivity index (χ2n) is 1.06. The second-order valence-corrected chi connectivity index (χ2v) is 1.75. The molecule has 2 heteroatoms. The van der Waals surface area contributed by atoms with Gasteiger partial charge >= 0.3 is 18.9 Å². The summed E-state index contributed by atoms with van der Waals surface area (Å²) < 4.78 is 0. The van der Waals surface area contributed by atoms with Gasteiger partial charge in [-0.2, -0.15) is 0 Å². The predicted molar refractivity (Wildman–Crippen MR) is 29.7 cm³/mol. The molecule has 0 rings (SSSR count). The normalized spacial score (nSPS) is 6.33. The van der Waals surface area contributed by atoms with E-state index in [0.29, 0.717) is 0 Å². The summed E-state index contributed by atoms with van der Waals surface area (Å²) >= 11 is 4.70. The standard InChI is InChI=1S/C4H8S.Li.H/c1-3-4(2)5;;/h3H2,1-2H3;;/q;+1;-1. The Morgan fingerprint density at radius 2 is 2.00 bits per heavy atom. The summed E-state index contributed by atoms with van der Waals surface area (Å²) in [7, 11) is 0. The monoisotopic (exact) mass is 96.1 g/mol. The third kappa shape index (κ3) is 8.82. The minimum absolute atomic E-state index is 0. The predicted octanol–water partition coefficient (Wildman–Crippen LogP) is -1.10. The minimum atomic E-state index is 0. The SMILES string of the molecule is CCC(C)=S.[H-].[Li+]. The third-order valence-electron chi connectivity index (χ3n) is 0.498. The molecule has 32 valence electrons. The Labute approximate surface area is 58.0 Å². The molecule has 0 fully saturated rings. The Hall–Kier alpha value is 0.687. The third-order valence-corrected chi connectivity index (χ3v) is 0.787. The molecule has 0 N–H and O–H groups in total. The van der Waals surface area contributed by atoms with Gasteiger partial charge in [0.25, 0.3) is 0 Å². The van der Waals surface area contributed by atoms with Gasteiger partial charge in [-0.15, -0.1) is 0 Å². The summed E-state index contributed by atoms with van der Waals surface area (Å²) in [5.41, 5.74) is 0. The van der Waals surface area contributed by atoms with Crippen LogP contribution in [-0.2, 0) is 0 Å². The van der Waals surface area contributed by atoms with Gasteiger partial charge in [-0.25, -0.2) is 0 Å². The van der Waals surface area contributed by atoms with Crippen LogP contribution in [0.4, 0.5) is 0 Å². The van der Waals surface area contributed by atoms with Crippen LogP contribution in [0.2, 0.25) is 0 Å². The van der Waals surface area contributed by atoms with Crippen molar-refractivity contribution in [1.82, 2.24) is 0 Å². The number of rotatable bonds is 1. The zero-order chi connectivity index (χ0) is 4.28. The molecule has 0 spiro atoms. The molecule has 0 unspecified atom stereocenters.